The molecule has 0 atom stereocenters. The summed E-state index contributed by atoms with van der Waals surface area (Å²) >= 11 is 0. The molecule has 0 saturated carbocycles. The standard InChI is InChI=1S/C23H21F2N5O3/c1-23(2,3)33-22(32)30-19-11-26-18(20-16(24)7-13(5-6-31)8-17(20)25)9-15(19)21(28-30)14-10-27-29(4)12-14/h6-12H,5H2,1-4H3. The highest BCUT2D eigenvalue weighted by Crippen LogP contribution is 2.33. The molecule has 0 saturated heterocycles. The van der Waals surface area contributed by atoms with Crippen molar-refractivity contribution in [1.82, 2.24) is 24.5 Å². The van der Waals surface area contributed by atoms with Gasteiger partial charge in [-0.15, -0.1) is 0 Å². The lowest BCUT2D eigenvalue weighted by Crippen LogP contribution is -2.27. The first kappa shape index (κ1) is 22.3. The molecule has 0 aliphatic carbocycles. The largest absolute Gasteiger partial charge is 0.442 e. The lowest BCUT2D eigenvalue weighted by molar-refractivity contribution is -0.107. The zero-order valence-corrected chi connectivity index (χ0v) is 18.5. The predicted molar refractivity (Wildman–Crippen MR) is 116 cm³/mol. The van der Waals surface area contributed by atoms with E-state index in [0.29, 0.717) is 28.4 Å². The van der Waals surface area contributed by atoms with Gasteiger partial charge in [-0.1, -0.05) is 0 Å². The molecule has 0 N–H and O–H groups in total. The maximum absolute atomic E-state index is 14.8. The van der Waals surface area contributed by atoms with Crippen LogP contribution in [0.3, 0.4) is 0 Å². The van der Waals surface area contributed by atoms with Gasteiger partial charge in [-0.25, -0.2) is 13.6 Å². The SMILES string of the molecule is Cn1cc(-c2nn(C(=O)OC(C)(C)C)c3cnc(-c4c(F)cc(CC=O)cc4F)cc23)cn1. The number of fused-ring (bicyclic) bond motifs is 1. The molecule has 0 spiro atoms. The van der Waals surface area contributed by atoms with Gasteiger partial charge in [-0.2, -0.15) is 14.9 Å². The lowest BCUT2D eigenvalue weighted by atomic mass is 10.0. The van der Waals surface area contributed by atoms with Crippen LogP contribution in [0.15, 0.2) is 36.8 Å². The minimum atomic E-state index is -0.846. The van der Waals surface area contributed by atoms with Gasteiger partial charge in [0.05, 0.1) is 29.2 Å². The molecular formula is C23H21F2N5O3. The Morgan fingerprint density at radius 2 is 1.85 bits per heavy atom. The molecule has 3 heterocycles. The minimum Gasteiger partial charge on any atom is -0.442 e. The molecule has 1 aromatic carbocycles. The highest BCUT2D eigenvalue weighted by atomic mass is 19.1. The fourth-order valence-corrected chi connectivity index (χ4v) is 3.44. The van der Waals surface area contributed by atoms with Crippen molar-refractivity contribution in [1.29, 1.82) is 0 Å². The van der Waals surface area contributed by atoms with Crippen LogP contribution < -0.4 is 0 Å². The van der Waals surface area contributed by atoms with E-state index < -0.39 is 23.3 Å². The number of aromatic nitrogens is 5. The topological polar surface area (TPSA) is 91.9 Å². The van der Waals surface area contributed by atoms with E-state index in [2.05, 4.69) is 15.2 Å². The maximum Gasteiger partial charge on any atom is 0.435 e. The number of carbonyl (C=O) groups excluding carboxylic acids is 2. The minimum absolute atomic E-state index is 0.0176. The first-order valence-electron chi connectivity index (χ1n) is 10.1. The van der Waals surface area contributed by atoms with Gasteiger partial charge in [0.1, 0.15) is 29.2 Å². The smallest absolute Gasteiger partial charge is 0.435 e. The maximum atomic E-state index is 14.8. The summed E-state index contributed by atoms with van der Waals surface area (Å²) in [5, 5.41) is 8.97. The van der Waals surface area contributed by atoms with Crippen LogP contribution in [0, 0.1) is 11.6 Å². The van der Waals surface area contributed by atoms with Gasteiger partial charge < -0.3 is 9.53 Å². The summed E-state index contributed by atoms with van der Waals surface area (Å²) in [5.74, 6) is -1.69. The molecule has 0 fully saturated rings. The highest BCUT2D eigenvalue weighted by Gasteiger charge is 2.25. The molecule has 3 aromatic heterocycles. The monoisotopic (exact) mass is 453 g/mol. The van der Waals surface area contributed by atoms with Gasteiger partial charge >= 0.3 is 6.09 Å². The predicted octanol–water partition coefficient (Wildman–Crippen LogP) is 4.30. The van der Waals surface area contributed by atoms with Gasteiger partial charge in [0, 0.05) is 30.6 Å². The first-order chi connectivity index (χ1) is 15.6. The molecule has 0 radical (unpaired) electrons. The lowest BCUT2D eigenvalue weighted by Gasteiger charge is -2.19. The fraction of sp³-hybridized carbons (Fsp3) is 0.261. The molecule has 10 heteroatoms. The summed E-state index contributed by atoms with van der Waals surface area (Å²) in [6.45, 7) is 5.19. The number of halogens is 2. The normalized spacial score (nSPS) is 11.7. The van der Waals surface area contributed by atoms with E-state index in [9.17, 15) is 18.4 Å². The van der Waals surface area contributed by atoms with Crippen molar-refractivity contribution in [2.45, 2.75) is 32.8 Å². The Kier molecular flexibility index (Phi) is 5.52. The third-order valence-electron chi connectivity index (χ3n) is 4.79. The van der Waals surface area contributed by atoms with Crippen molar-refractivity contribution in [3.05, 3.63) is 54.0 Å². The van der Waals surface area contributed by atoms with Crippen LogP contribution in [0.2, 0.25) is 0 Å². The second-order valence-electron chi connectivity index (χ2n) is 8.54. The summed E-state index contributed by atoms with van der Waals surface area (Å²) in [4.78, 5) is 27.7. The molecular weight excluding hydrogens is 432 g/mol. The average molecular weight is 453 g/mol. The fourth-order valence-electron chi connectivity index (χ4n) is 3.44. The highest BCUT2D eigenvalue weighted by molar-refractivity contribution is 5.98. The second-order valence-corrected chi connectivity index (χ2v) is 8.54. The van der Waals surface area contributed by atoms with Crippen molar-refractivity contribution in [3.8, 4) is 22.5 Å². The molecule has 4 aromatic rings. The Bertz CT molecular complexity index is 1360. The summed E-state index contributed by atoms with van der Waals surface area (Å²) in [5.41, 5.74) is 0.434. The van der Waals surface area contributed by atoms with E-state index in [-0.39, 0.29) is 23.2 Å². The van der Waals surface area contributed by atoms with Crippen molar-refractivity contribution in [2.75, 3.05) is 0 Å². The van der Waals surface area contributed by atoms with Gasteiger partial charge in [0.15, 0.2) is 0 Å². The van der Waals surface area contributed by atoms with E-state index >= 15 is 0 Å². The number of nitrogens with zero attached hydrogens (tertiary/aromatic N) is 5. The molecule has 0 bridgehead atoms. The van der Waals surface area contributed by atoms with Crippen molar-refractivity contribution in [3.63, 3.8) is 0 Å². The van der Waals surface area contributed by atoms with Crippen LogP contribution in [0.4, 0.5) is 13.6 Å². The first-order valence-corrected chi connectivity index (χ1v) is 10.1. The second kappa shape index (κ2) is 8.19. The molecule has 33 heavy (non-hydrogen) atoms. The van der Waals surface area contributed by atoms with Crippen LogP contribution in [0.5, 0.6) is 0 Å². The van der Waals surface area contributed by atoms with E-state index in [1.165, 1.54) is 12.3 Å². The molecule has 0 aliphatic heterocycles. The number of hydrogen-bond acceptors (Lipinski definition) is 6. The third kappa shape index (κ3) is 4.36. The van der Waals surface area contributed by atoms with Crippen molar-refractivity contribution >= 4 is 23.3 Å². The molecule has 8 nitrogen and oxygen atoms in total. The molecule has 0 aliphatic rings. The number of benzene rings is 1. The molecule has 170 valence electrons. The quantitative estimate of drug-likeness (QED) is 0.428. The van der Waals surface area contributed by atoms with Gasteiger partial charge in [0.2, 0.25) is 0 Å². The van der Waals surface area contributed by atoms with Gasteiger partial charge in [-0.3, -0.25) is 9.67 Å². The Hall–Kier alpha value is -3.95. The van der Waals surface area contributed by atoms with Crippen molar-refractivity contribution < 1.29 is 23.1 Å². The van der Waals surface area contributed by atoms with E-state index in [1.54, 1.807) is 44.9 Å². The van der Waals surface area contributed by atoms with E-state index in [1.807, 2.05) is 0 Å². The Morgan fingerprint density at radius 1 is 1.15 bits per heavy atom. The summed E-state index contributed by atoms with van der Waals surface area (Å²) < 4.78 is 37.6. The zero-order valence-electron chi connectivity index (χ0n) is 18.5. The molecule has 0 amide bonds. The van der Waals surface area contributed by atoms with Crippen LogP contribution in [-0.2, 0) is 23.0 Å². The van der Waals surface area contributed by atoms with Crippen LogP contribution in [0.25, 0.3) is 33.4 Å². The van der Waals surface area contributed by atoms with Crippen molar-refractivity contribution in [2.24, 2.45) is 7.05 Å². The zero-order chi connectivity index (χ0) is 23.9. The summed E-state index contributed by atoms with van der Waals surface area (Å²) in [6, 6.07) is 3.67. The molecule has 4 rings (SSSR count). The average Bonchev–Trinajstić information content (AvgIpc) is 3.29. The van der Waals surface area contributed by atoms with Crippen LogP contribution >= 0.6 is 0 Å². The number of aryl methyl sites for hydroxylation is 1. The number of pyridine rings is 1. The van der Waals surface area contributed by atoms with Crippen LogP contribution in [-0.4, -0.2) is 42.5 Å². The summed E-state index contributed by atoms with van der Waals surface area (Å²) in [7, 11) is 1.73. The third-order valence-corrected chi connectivity index (χ3v) is 4.79. The van der Waals surface area contributed by atoms with Crippen LogP contribution in [0.1, 0.15) is 26.3 Å². The summed E-state index contributed by atoms with van der Waals surface area (Å²) in [6.07, 6.45) is 4.35. The number of aldehydes is 1. The number of hydrogen-bond donors (Lipinski definition) is 0. The Labute approximate surface area is 187 Å². The van der Waals surface area contributed by atoms with Gasteiger partial charge in [0.25, 0.3) is 0 Å². The van der Waals surface area contributed by atoms with E-state index in [4.69, 9.17) is 4.74 Å². The van der Waals surface area contributed by atoms with Gasteiger partial charge in [-0.05, 0) is 44.5 Å². The Balaban J connectivity index is 1.91. The number of carbonyl (C=O) groups is 2. The Morgan fingerprint density at radius 3 is 2.42 bits per heavy atom. The number of ether oxygens (including phenoxy) is 1. The number of rotatable bonds is 4. The molecule has 0 unspecified atom stereocenters. The van der Waals surface area contributed by atoms with E-state index in [0.717, 1.165) is 16.8 Å².